The van der Waals surface area contributed by atoms with E-state index in [1.807, 2.05) is 0 Å². The van der Waals surface area contributed by atoms with E-state index in [9.17, 15) is 14.3 Å². The first-order valence-electron chi connectivity index (χ1n) is 7.92. The molecule has 4 nitrogen and oxygen atoms in total. The summed E-state index contributed by atoms with van der Waals surface area (Å²) < 4.78 is 19.1. The Morgan fingerprint density at radius 3 is 2.50 bits per heavy atom. The molecule has 1 aliphatic rings. The second-order valence-corrected chi connectivity index (χ2v) is 6.06. The summed E-state index contributed by atoms with van der Waals surface area (Å²) in [6.07, 6.45) is 0.424. The van der Waals surface area contributed by atoms with E-state index >= 15 is 0 Å². The van der Waals surface area contributed by atoms with Crippen LogP contribution in [-0.2, 0) is 10.2 Å². The Morgan fingerprint density at radius 2 is 1.92 bits per heavy atom. The van der Waals surface area contributed by atoms with Gasteiger partial charge in [-0.2, -0.15) is 0 Å². The lowest BCUT2D eigenvalue weighted by molar-refractivity contribution is -0.124. The van der Waals surface area contributed by atoms with E-state index in [0.29, 0.717) is 29.7 Å². The highest BCUT2D eigenvalue weighted by molar-refractivity contribution is 5.91. The third-order valence-electron chi connectivity index (χ3n) is 4.53. The zero-order chi connectivity index (χ0) is 17.2. The molecule has 1 fully saturated rings. The Hall–Kier alpha value is -2.40. The Balaban J connectivity index is 1.64. The van der Waals surface area contributed by atoms with Crippen molar-refractivity contribution in [1.29, 1.82) is 0 Å². The number of hydrogen-bond donors (Lipinski definition) is 2. The largest absolute Gasteiger partial charge is 0.497 e. The number of carbonyl (C=O) groups excluding carboxylic acids is 1. The molecule has 5 heteroatoms. The standard InChI is InChI=1S/C19H20FNO3/c1-24-14-8-6-13(7-9-14)17(22)12-21-18(23)19(10-11-19)15-4-2-3-5-16(15)20/h2-9,17,22H,10-12H2,1H3,(H,21,23). The van der Waals surface area contributed by atoms with Crippen LogP contribution >= 0.6 is 0 Å². The van der Waals surface area contributed by atoms with E-state index in [-0.39, 0.29) is 18.3 Å². The van der Waals surface area contributed by atoms with Gasteiger partial charge in [0.2, 0.25) is 5.91 Å². The molecule has 1 saturated carbocycles. The number of methoxy groups -OCH3 is 1. The van der Waals surface area contributed by atoms with Crippen molar-refractivity contribution in [3.8, 4) is 5.75 Å². The molecule has 2 aromatic rings. The van der Waals surface area contributed by atoms with E-state index in [1.54, 1.807) is 49.6 Å². The molecule has 0 bridgehead atoms. The van der Waals surface area contributed by atoms with Crippen LogP contribution in [0.3, 0.4) is 0 Å². The van der Waals surface area contributed by atoms with Gasteiger partial charge >= 0.3 is 0 Å². The number of halogens is 1. The normalized spacial score (nSPS) is 16.3. The second kappa shape index (κ2) is 6.61. The number of benzene rings is 2. The molecule has 1 atom stereocenters. The average molecular weight is 329 g/mol. The van der Waals surface area contributed by atoms with Crippen molar-refractivity contribution in [2.24, 2.45) is 0 Å². The van der Waals surface area contributed by atoms with Crippen LogP contribution in [0.5, 0.6) is 5.75 Å². The van der Waals surface area contributed by atoms with Crippen molar-refractivity contribution in [2.45, 2.75) is 24.4 Å². The van der Waals surface area contributed by atoms with Crippen LogP contribution in [0.25, 0.3) is 0 Å². The molecule has 126 valence electrons. The number of hydrogen-bond acceptors (Lipinski definition) is 3. The van der Waals surface area contributed by atoms with Crippen LogP contribution in [0.2, 0.25) is 0 Å². The summed E-state index contributed by atoms with van der Waals surface area (Å²) in [7, 11) is 1.57. The van der Waals surface area contributed by atoms with Crippen LogP contribution in [0.1, 0.15) is 30.1 Å². The number of carbonyl (C=O) groups is 1. The fraction of sp³-hybridized carbons (Fsp3) is 0.316. The Labute approximate surface area is 140 Å². The Morgan fingerprint density at radius 1 is 1.25 bits per heavy atom. The highest BCUT2D eigenvalue weighted by Crippen LogP contribution is 2.49. The predicted molar refractivity (Wildman–Crippen MR) is 88.3 cm³/mol. The summed E-state index contributed by atoms with van der Waals surface area (Å²) in [6, 6.07) is 13.4. The van der Waals surface area contributed by atoms with Crippen molar-refractivity contribution in [1.82, 2.24) is 5.32 Å². The van der Waals surface area contributed by atoms with E-state index in [1.165, 1.54) is 6.07 Å². The maximum absolute atomic E-state index is 14.0. The molecule has 24 heavy (non-hydrogen) atoms. The topological polar surface area (TPSA) is 58.6 Å². The maximum Gasteiger partial charge on any atom is 0.230 e. The van der Waals surface area contributed by atoms with Crippen molar-refractivity contribution < 1.29 is 19.0 Å². The van der Waals surface area contributed by atoms with Gasteiger partial charge in [-0.15, -0.1) is 0 Å². The quantitative estimate of drug-likeness (QED) is 0.857. The summed E-state index contributed by atoms with van der Waals surface area (Å²) in [5.41, 5.74) is 0.332. The molecular formula is C19H20FNO3. The lowest BCUT2D eigenvalue weighted by Gasteiger charge is -2.18. The smallest absolute Gasteiger partial charge is 0.230 e. The van der Waals surface area contributed by atoms with Crippen LogP contribution in [0.15, 0.2) is 48.5 Å². The van der Waals surface area contributed by atoms with E-state index < -0.39 is 11.5 Å². The summed E-state index contributed by atoms with van der Waals surface area (Å²) in [5.74, 6) is 0.104. The fourth-order valence-corrected chi connectivity index (χ4v) is 2.90. The number of ether oxygens (including phenoxy) is 1. The van der Waals surface area contributed by atoms with Gasteiger partial charge in [0.1, 0.15) is 11.6 Å². The lowest BCUT2D eigenvalue weighted by atomic mass is 9.94. The van der Waals surface area contributed by atoms with Crippen LogP contribution < -0.4 is 10.1 Å². The van der Waals surface area contributed by atoms with Gasteiger partial charge in [-0.25, -0.2) is 4.39 Å². The molecule has 3 rings (SSSR count). The van der Waals surface area contributed by atoms with Gasteiger partial charge in [0.15, 0.2) is 0 Å². The molecule has 2 aromatic carbocycles. The molecule has 2 N–H and O–H groups in total. The van der Waals surface area contributed by atoms with E-state index in [4.69, 9.17) is 4.74 Å². The van der Waals surface area contributed by atoms with Gasteiger partial charge in [-0.05, 0) is 36.6 Å². The number of aliphatic hydroxyl groups is 1. The molecule has 0 heterocycles. The van der Waals surface area contributed by atoms with Crippen LogP contribution in [-0.4, -0.2) is 24.7 Å². The molecule has 0 radical (unpaired) electrons. The summed E-state index contributed by atoms with van der Waals surface area (Å²) in [5, 5.41) is 13.0. The average Bonchev–Trinajstić information content (AvgIpc) is 3.41. The Kier molecular flexibility index (Phi) is 4.53. The molecule has 0 spiro atoms. The third kappa shape index (κ3) is 3.12. The van der Waals surface area contributed by atoms with Crippen molar-refractivity contribution in [3.63, 3.8) is 0 Å². The predicted octanol–water partition coefficient (Wildman–Crippen LogP) is 2.72. The molecule has 0 saturated heterocycles. The van der Waals surface area contributed by atoms with E-state index in [0.717, 1.165) is 0 Å². The first-order valence-corrected chi connectivity index (χ1v) is 7.92. The Bertz CT molecular complexity index is 726. The van der Waals surface area contributed by atoms with Gasteiger partial charge in [0, 0.05) is 12.1 Å². The van der Waals surface area contributed by atoms with E-state index in [2.05, 4.69) is 5.32 Å². The van der Waals surface area contributed by atoms with Crippen LogP contribution in [0, 0.1) is 5.82 Å². The first-order chi connectivity index (χ1) is 11.6. The minimum absolute atomic E-state index is 0.0847. The first kappa shape index (κ1) is 16.5. The van der Waals surface area contributed by atoms with Gasteiger partial charge in [0.25, 0.3) is 0 Å². The van der Waals surface area contributed by atoms with Crippen molar-refractivity contribution in [3.05, 3.63) is 65.5 Å². The number of nitrogens with one attached hydrogen (secondary N) is 1. The molecule has 1 unspecified atom stereocenters. The van der Waals surface area contributed by atoms with Crippen molar-refractivity contribution >= 4 is 5.91 Å². The van der Waals surface area contributed by atoms with Crippen molar-refractivity contribution in [2.75, 3.05) is 13.7 Å². The molecule has 1 amide bonds. The fourth-order valence-electron chi connectivity index (χ4n) is 2.90. The minimum atomic E-state index is -0.823. The number of aliphatic hydroxyl groups excluding tert-OH is 1. The van der Waals surface area contributed by atoms with Gasteiger partial charge in [0.05, 0.1) is 18.6 Å². The number of amides is 1. The zero-order valence-electron chi connectivity index (χ0n) is 13.5. The highest BCUT2D eigenvalue weighted by atomic mass is 19.1. The lowest BCUT2D eigenvalue weighted by Crippen LogP contribution is -2.37. The third-order valence-corrected chi connectivity index (χ3v) is 4.53. The summed E-state index contributed by atoms with van der Waals surface area (Å²) in [6.45, 7) is 0.0847. The SMILES string of the molecule is COc1ccc(C(O)CNC(=O)C2(c3ccccc3F)CC2)cc1. The molecule has 0 aliphatic heterocycles. The van der Waals surface area contributed by atoms with Gasteiger partial charge in [-0.1, -0.05) is 30.3 Å². The van der Waals surface area contributed by atoms with Crippen LogP contribution in [0.4, 0.5) is 4.39 Å². The summed E-state index contributed by atoms with van der Waals surface area (Å²) >= 11 is 0. The number of rotatable bonds is 6. The maximum atomic E-state index is 14.0. The molecule has 0 aromatic heterocycles. The minimum Gasteiger partial charge on any atom is -0.497 e. The van der Waals surface area contributed by atoms with Gasteiger partial charge in [-0.3, -0.25) is 4.79 Å². The highest BCUT2D eigenvalue weighted by Gasteiger charge is 2.52. The summed E-state index contributed by atoms with van der Waals surface area (Å²) in [4.78, 5) is 12.5. The molecular weight excluding hydrogens is 309 g/mol. The monoisotopic (exact) mass is 329 g/mol. The zero-order valence-corrected chi connectivity index (χ0v) is 13.5. The molecule has 1 aliphatic carbocycles. The van der Waals surface area contributed by atoms with Gasteiger partial charge < -0.3 is 15.2 Å². The second-order valence-electron chi connectivity index (χ2n) is 6.06.